The number of amides is 2. The Hall–Kier alpha value is -2.04. The van der Waals surface area contributed by atoms with Gasteiger partial charge in [-0.3, -0.25) is 9.59 Å². The number of benzene rings is 1. The first kappa shape index (κ1) is 12.0. The molecule has 86 valence electrons. The molecule has 2 amide bonds. The molecule has 1 aromatic rings. The molecule has 4 N–H and O–H groups in total. The third kappa shape index (κ3) is 3.27. The zero-order valence-electron chi connectivity index (χ0n) is 9.14. The maximum atomic E-state index is 11.7. The lowest BCUT2D eigenvalue weighted by molar-refractivity contribution is -0.133. The number of nitrogens with two attached hydrogens (primary N) is 2. The van der Waals surface area contributed by atoms with Crippen LogP contribution in [0.3, 0.4) is 0 Å². The molecule has 0 heterocycles. The van der Waals surface area contributed by atoms with Crippen LogP contribution >= 0.6 is 0 Å². The number of carbonyl (C=O) groups excluding carboxylic acids is 2. The van der Waals surface area contributed by atoms with E-state index in [4.69, 9.17) is 11.5 Å². The fraction of sp³-hybridized carbons (Fsp3) is 0.273. The Kier molecular flexibility index (Phi) is 3.88. The van der Waals surface area contributed by atoms with E-state index in [0.29, 0.717) is 5.69 Å². The molecule has 0 aliphatic carbocycles. The maximum absolute atomic E-state index is 11.7. The normalized spacial score (nSPS) is 9.81. The van der Waals surface area contributed by atoms with Crippen molar-refractivity contribution < 1.29 is 9.59 Å². The van der Waals surface area contributed by atoms with Gasteiger partial charge in [-0.15, -0.1) is 0 Å². The molecule has 0 fully saturated rings. The molecule has 5 heteroatoms. The highest BCUT2D eigenvalue weighted by molar-refractivity contribution is 5.85. The van der Waals surface area contributed by atoms with Crippen molar-refractivity contribution in [2.75, 3.05) is 19.3 Å². The highest BCUT2D eigenvalue weighted by Crippen LogP contribution is 2.11. The Bertz CT molecular complexity index is 404. The van der Waals surface area contributed by atoms with Crippen LogP contribution in [0, 0.1) is 0 Å². The third-order valence-electron chi connectivity index (χ3n) is 2.22. The topological polar surface area (TPSA) is 89.4 Å². The van der Waals surface area contributed by atoms with Gasteiger partial charge < -0.3 is 16.4 Å². The predicted octanol–water partition coefficient (Wildman–Crippen LogP) is -0.245. The smallest absolute Gasteiger partial charge is 0.237 e. The average molecular weight is 221 g/mol. The van der Waals surface area contributed by atoms with E-state index in [1.165, 1.54) is 11.9 Å². The number of nitrogen functional groups attached to an aromatic ring is 1. The number of nitrogens with zero attached hydrogens (tertiary/aromatic N) is 1. The number of anilines is 1. The van der Waals surface area contributed by atoms with Gasteiger partial charge in [-0.25, -0.2) is 0 Å². The minimum Gasteiger partial charge on any atom is -0.398 e. The molecular formula is C11H15N3O2. The van der Waals surface area contributed by atoms with Crippen LogP contribution in [0.2, 0.25) is 0 Å². The Balaban J connectivity index is 2.64. The first-order valence-electron chi connectivity index (χ1n) is 4.86. The number of carbonyl (C=O) groups is 2. The monoisotopic (exact) mass is 221 g/mol. The largest absolute Gasteiger partial charge is 0.398 e. The van der Waals surface area contributed by atoms with Gasteiger partial charge in [-0.1, -0.05) is 18.2 Å². The predicted molar refractivity (Wildman–Crippen MR) is 61.4 cm³/mol. The summed E-state index contributed by atoms with van der Waals surface area (Å²) in [5.41, 5.74) is 12.0. The van der Waals surface area contributed by atoms with Gasteiger partial charge >= 0.3 is 0 Å². The van der Waals surface area contributed by atoms with Crippen molar-refractivity contribution in [2.45, 2.75) is 6.42 Å². The van der Waals surface area contributed by atoms with E-state index in [0.717, 1.165) is 5.56 Å². The van der Waals surface area contributed by atoms with Crippen molar-refractivity contribution >= 4 is 17.5 Å². The molecule has 0 unspecified atom stereocenters. The number of primary amides is 1. The fourth-order valence-electron chi connectivity index (χ4n) is 1.31. The zero-order valence-corrected chi connectivity index (χ0v) is 9.14. The van der Waals surface area contributed by atoms with Crippen LogP contribution < -0.4 is 11.5 Å². The first-order chi connectivity index (χ1) is 7.50. The summed E-state index contributed by atoms with van der Waals surface area (Å²) in [5, 5.41) is 0. The molecule has 0 radical (unpaired) electrons. The summed E-state index contributed by atoms with van der Waals surface area (Å²) < 4.78 is 0. The second-order valence-electron chi connectivity index (χ2n) is 3.59. The molecule has 0 bridgehead atoms. The van der Waals surface area contributed by atoms with E-state index in [-0.39, 0.29) is 18.9 Å². The van der Waals surface area contributed by atoms with Crippen molar-refractivity contribution in [3.8, 4) is 0 Å². The summed E-state index contributed by atoms with van der Waals surface area (Å²) in [6.07, 6.45) is 0.177. The van der Waals surface area contributed by atoms with Gasteiger partial charge in [0.1, 0.15) is 0 Å². The van der Waals surface area contributed by atoms with Crippen molar-refractivity contribution in [3.63, 3.8) is 0 Å². The van der Waals surface area contributed by atoms with Gasteiger partial charge in [-0.2, -0.15) is 0 Å². The maximum Gasteiger partial charge on any atom is 0.237 e. The SMILES string of the molecule is CN(CC(N)=O)C(=O)Cc1ccccc1N. The molecule has 1 aromatic carbocycles. The molecular weight excluding hydrogens is 206 g/mol. The molecule has 0 aliphatic rings. The second-order valence-corrected chi connectivity index (χ2v) is 3.59. The average Bonchev–Trinajstić information content (AvgIpc) is 2.20. The Morgan fingerprint density at radius 3 is 2.50 bits per heavy atom. The number of hydrogen-bond acceptors (Lipinski definition) is 3. The van der Waals surface area contributed by atoms with Gasteiger partial charge in [0.2, 0.25) is 11.8 Å². The van der Waals surface area contributed by atoms with Gasteiger partial charge in [0, 0.05) is 12.7 Å². The summed E-state index contributed by atoms with van der Waals surface area (Å²) in [7, 11) is 1.53. The van der Waals surface area contributed by atoms with Crippen LogP contribution in [0.25, 0.3) is 0 Å². The summed E-state index contributed by atoms with van der Waals surface area (Å²) in [5.74, 6) is -0.714. The molecule has 16 heavy (non-hydrogen) atoms. The molecule has 0 saturated heterocycles. The molecule has 1 rings (SSSR count). The molecule has 5 nitrogen and oxygen atoms in total. The highest BCUT2D eigenvalue weighted by Gasteiger charge is 2.12. The lowest BCUT2D eigenvalue weighted by atomic mass is 10.1. The number of hydrogen-bond donors (Lipinski definition) is 2. The summed E-state index contributed by atoms with van der Waals surface area (Å²) >= 11 is 0. The Labute approximate surface area is 94.0 Å². The minimum absolute atomic E-state index is 0.0778. The highest BCUT2D eigenvalue weighted by atomic mass is 16.2. The van der Waals surface area contributed by atoms with E-state index in [1.54, 1.807) is 18.2 Å². The molecule has 0 atom stereocenters. The standard InChI is InChI=1S/C11H15N3O2/c1-14(7-10(13)15)11(16)6-8-4-2-3-5-9(8)12/h2-5H,6-7,12H2,1H3,(H2,13,15). The van der Waals surface area contributed by atoms with Crippen LogP contribution in [0.4, 0.5) is 5.69 Å². The van der Waals surface area contributed by atoms with Gasteiger partial charge in [0.15, 0.2) is 0 Å². The number of likely N-dealkylation sites (N-methyl/N-ethyl adjacent to an activating group) is 1. The lowest BCUT2D eigenvalue weighted by Crippen LogP contribution is -2.36. The van der Waals surface area contributed by atoms with Gasteiger partial charge in [-0.05, 0) is 11.6 Å². The molecule has 0 spiro atoms. The van der Waals surface area contributed by atoms with Crippen molar-refractivity contribution in [3.05, 3.63) is 29.8 Å². The van der Waals surface area contributed by atoms with E-state index in [9.17, 15) is 9.59 Å². The van der Waals surface area contributed by atoms with Crippen LogP contribution in [-0.4, -0.2) is 30.3 Å². The quantitative estimate of drug-likeness (QED) is 0.687. The van der Waals surface area contributed by atoms with Gasteiger partial charge in [0.25, 0.3) is 0 Å². The first-order valence-corrected chi connectivity index (χ1v) is 4.86. The van der Waals surface area contributed by atoms with Crippen LogP contribution in [0.1, 0.15) is 5.56 Å². The van der Waals surface area contributed by atoms with E-state index in [1.807, 2.05) is 6.07 Å². The number of rotatable bonds is 4. The summed E-state index contributed by atoms with van der Waals surface area (Å²) in [4.78, 5) is 23.6. The number of para-hydroxylation sites is 1. The van der Waals surface area contributed by atoms with Crippen molar-refractivity contribution in [1.29, 1.82) is 0 Å². The van der Waals surface area contributed by atoms with E-state index < -0.39 is 5.91 Å². The summed E-state index contributed by atoms with van der Waals surface area (Å²) in [6, 6.07) is 7.13. The second kappa shape index (κ2) is 5.16. The minimum atomic E-state index is -0.531. The summed E-state index contributed by atoms with van der Waals surface area (Å²) in [6.45, 7) is -0.0778. The van der Waals surface area contributed by atoms with E-state index >= 15 is 0 Å². The molecule has 0 saturated carbocycles. The van der Waals surface area contributed by atoms with Gasteiger partial charge in [0.05, 0.1) is 13.0 Å². The Morgan fingerprint density at radius 2 is 1.94 bits per heavy atom. The van der Waals surface area contributed by atoms with Crippen LogP contribution in [0.5, 0.6) is 0 Å². The third-order valence-corrected chi connectivity index (χ3v) is 2.22. The van der Waals surface area contributed by atoms with Crippen molar-refractivity contribution in [2.24, 2.45) is 5.73 Å². The van der Waals surface area contributed by atoms with Crippen molar-refractivity contribution in [1.82, 2.24) is 4.90 Å². The zero-order chi connectivity index (χ0) is 12.1. The fourth-order valence-corrected chi connectivity index (χ4v) is 1.31. The molecule has 0 aromatic heterocycles. The van der Waals surface area contributed by atoms with E-state index in [2.05, 4.69) is 0 Å². The molecule has 0 aliphatic heterocycles. The van der Waals surface area contributed by atoms with Crippen LogP contribution in [-0.2, 0) is 16.0 Å². The lowest BCUT2D eigenvalue weighted by Gasteiger charge is -2.15. The van der Waals surface area contributed by atoms with Crippen LogP contribution in [0.15, 0.2) is 24.3 Å². The Morgan fingerprint density at radius 1 is 1.31 bits per heavy atom.